The van der Waals surface area contributed by atoms with Crippen molar-refractivity contribution in [2.75, 3.05) is 7.05 Å². The summed E-state index contributed by atoms with van der Waals surface area (Å²) in [5.74, 6) is 0. The van der Waals surface area contributed by atoms with Gasteiger partial charge in [-0.25, -0.2) is 0 Å². The van der Waals surface area contributed by atoms with Crippen LogP contribution in [0.15, 0.2) is 53.5 Å². The zero-order chi connectivity index (χ0) is 11.0. The van der Waals surface area contributed by atoms with E-state index < -0.39 is 0 Å². The van der Waals surface area contributed by atoms with Crippen LogP contribution in [0.25, 0.3) is 0 Å². The van der Waals surface area contributed by atoms with Crippen molar-refractivity contribution < 1.29 is 0 Å². The number of fused-ring (bicyclic) bond motifs is 2. The van der Waals surface area contributed by atoms with Gasteiger partial charge in [0.25, 0.3) is 0 Å². The van der Waals surface area contributed by atoms with Crippen molar-refractivity contribution in [3.05, 3.63) is 70.8 Å². The molecule has 0 saturated heterocycles. The van der Waals surface area contributed by atoms with Gasteiger partial charge in [-0.05, 0) is 17.5 Å². The maximum Gasteiger partial charge on any atom is 0.0721 e. The van der Waals surface area contributed by atoms with Crippen LogP contribution in [-0.2, 0) is 6.42 Å². The fourth-order valence-electron chi connectivity index (χ4n) is 2.40. The van der Waals surface area contributed by atoms with Crippen LogP contribution in [0.1, 0.15) is 22.3 Å². The van der Waals surface area contributed by atoms with Crippen LogP contribution < -0.4 is 0 Å². The molecule has 0 aromatic heterocycles. The van der Waals surface area contributed by atoms with Gasteiger partial charge in [0.1, 0.15) is 0 Å². The van der Waals surface area contributed by atoms with Crippen molar-refractivity contribution in [1.82, 2.24) is 0 Å². The summed E-state index contributed by atoms with van der Waals surface area (Å²) in [4.78, 5) is 4.45. The Morgan fingerprint density at radius 1 is 0.812 bits per heavy atom. The van der Waals surface area contributed by atoms with Crippen LogP contribution in [0.5, 0.6) is 0 Å². The van der Waals surface area contributed by atoms with Gasteiger partial charge in [-0.15, -0.1) is 0 Å². The molecule has 0 unspecified atom stereocenters. The number of hydrogen-bond acceptors (Lipinski definition) is 1. The molecule has 1 aliphatic carbocycles. The van der Waals surface area contributed by atoms with Crippen molar-refractivity contribution in [2.45, 2.75) is 6.42 Å². The van der Waals surface area contributed by atoms with E-state index in [9.17, 15) is 0 Å². The minimum absolute atomic E-state index is 1.02. The standard InChI is InChI=1S/C15H13N/c1-16-15-13-8-4-2-6-11(13)10-12-7-3-5-9-14(12)15/h2-9H,10H2,1H3. The second kappa shape index (κ2) is 3.60. The lowest BCUT2D eigenvalue weighted by Gasteiger charge is -2.20. The van der Waals surface area contributed by atoms with E-state index in [2.05, 4.69) is 53.5 Å². The van der Waals surface area contributed by atoms with E-state index in [-0.39, 0.29) is 0 Å². The molecule has 0 radical (unpaired) electrons. The molecule has 3 rings (SSSR count). The third-order valence-corrected chi connectivity index (χ3v) is 3.15. The highest BCUT2D eigenvalue weighted by atomic mass is 14.7. The molecule has 0 N–H and O–H groups in total. The highest BCUT2D eigenvalue weighted by Gasteiger charge is 2.19. The fourth-order valence-corrected chi connectivity index (χ4v) is 2.40. The van der Waals surface area contributed by atoms with Gasteiger partial charge in [-0.3, -0.25) is 4.99 Å². The average molecular weight is 207 g/mol. The lowest BCUT2D eigenvalue weighted by atomic mass is 9.84. The molecule has 0 spiro atoms. The van der Waals surface area contributed by atoms with E-state index in [4.69, 9.17) is 0 Å². The summed E-state index contributed by atoms with van der Waals surface area (Å²) >= 11 is 0. The molecular formula is C15H13N. The summed E-state index contributed by atoms with van der Waals surface area (Å²) in [6.45, 7) is 0. The first-order valence-electron chi connectivity index (χ1n) is 5.53. The van der Waals surface area contributed by atoms with Crippen LogP contribution in [0.2, 0.25) is 0 Å². The predicted molar refractivity (Wildman–Crippen MR) is 67.3 cm³/mol. The molecule has 0 amide bonds. The van der Waals surface area contributed by atoms with Crippen molar-refractivity contribution >= 4 is 5.71 Å². The highest BCUT2D eigenvalue weighted by molar-refractivity contribution is 6.15. The van der Waals surface area contributed by atoms with Gasteiger partial charge in [0, 0.05) is 18.2 Å². The smallest absolute Gasteiger partial charge is 0.0721 e. The van der Waals surface area contributed by atoms with Gasteiger partial charge < -0.3 is 0 Å². The van der Waals surface area contributed by atoms with Crippen LogP contribution in [0.3, 0.4) is 0 Å². The topological polar surface area (TPSA) is 12.4 Å². The minimum Gasteiger partial charge on any atom is -0.287 e. The van der Waals surface area contributed by atoms with Gasteiger partial charge in [0.2, 0.25) is 0 Å². The molecule has 16 heavy (non-hydrogen) atoms. The normalized spacial score (nSPS) is 12.9. The zero-order valence-electron chi connectivity index (χ0n) is 9.27. The molecule has 78 valence electrons. The van der Waals surface area contributed by atoms with Crippen molar-refractivity contribution in [1.29, 1.82) is 0 Å². The minimum atomic E-state index is 1.02. The molecule has 0 bridgehead atoms. The number of hydrogen-bond donors (Lipinski definition) is 0. The molecule has 2 aromatic carbocycles. The Kier molecular flexibility index (Phi) is 2.10. The van der Waals surface area contributed by atoms with Gasteiger partial charge in [0.05, 0.1) is 5.71 Å². The maximum absolute atomic E-state index is 4.45. The molecule has 1 nitrogen and oxygen atoms in total. The van der Waals surface area contributed by atoms with Gasteiger partial charge in [0.15, 0.2) is 0 Å². The fraction of sp³-hybridized carbons (Fsp3) is 0.133. The molecule has 0 saturated carbocycles. The summed E-state index contributed by atoms with van der Waals surface area (Å²) in [5, 5.41) is 0. The average Bonchev–Trinajstić information content (AvgIpc) is 2.36. The van der Waals surface area contributed by atoms with Crippen molar-refractivity contribution in [3.63, 3.8) is 0 Å². The second-order valence-electron chi connectivity index (χ2n) is 4.06. The van der Waals surface area contributed by atoms with E-state index in [0.717, 1.165) is 12.1 Å². The first kappa shape index (κ1) is 9.34. The summed E-state index contributed by atoms with van der Waals surface area (Å²) in [6.07, 6.45) is 1.02. The van der Waals surface area contributed by atoms with Crippen molar-refractivity contribution in [2.24, 2.45) is 4.99 Å². The first-order valence-corrected chi connectivity index (χ1v) is 5.53. The van der Waals surface area contributed by atoms with E-state index in [1.165, 1.54) is 22.3 Å². The Labute approximate surface area is 95.5 Å². The third-order valence-electron chi connectivity index (χ3n) is 3.15. The van der Waals surface area contributed by atoms with Crippen LogP contribution in [-0.4, -0.2) is 12.8 Å². The maximum atomic E-state index is 4.45. The Hall–Kier alpha value is -1.89. The molecule has 0 heterocycles. The Bertz CT molecular complexity index is 520. The van der Waals surface area contributed by atoms with Gasteiger partial charge in [-0.2, -0.15) is 0 Å². The lowest BCUT2D eigenvalue weighted by Crippen LogP contribution is -2.15. The zero-order valence-corrected chi connectivity index (χ0v) is 9.27. The number of nitrogens with zero attached hydrogens (tertiary/aromatic N) is 1. The quantitative estimate of drug-likeness (QED) is 0.537. The molecule has 1 aliphatic rings. The number of aliphatic imine (C=N–C) groups is 1. The second-order valence-corrected chi connectivity index (χ2v) is 4.06. The summed E-state index contributed by atoms with van der Waals surface area (Å²) in [6, 6.07) is 17.1. The number of rotatable bonds is 0. The largest absolute Gasteiger partial charge is 0.287 e. The number of benzene rings is 2. The van der Waals surface area contributed by atoms with Gasteiger partial charge in [-0.1, -0.05) is 48.5 Å². The molecule has 0 atom stereocenters. The van der Waals surface area contributed by atoms with Crippen molar-refractivity contribution in [3.8, 4) is 0 Å². The van der Waals surface area contributed by atoms with Crippen LogP contribution in [0.4, 0.5) is 0 Å². The van der Waals surface area contributed by atoms with Gasteiger partial charge >= 0.3 is 0 Å². The predicted octanol–water partition coefficient (Wildman–Crippen LogP) is 3.06. The first-order chi connectivity index (χ1) is 7.90. The molecule has 2 aromatic rings. The van der Waals surface area contributed by atoms with E-state index in [1.807, 2.05) is 7.05 Å². The Balaban J connectivity index is 2.28. The van der Waals surface area contributed by atoms with E-state index >= 15 is 0 Å². The molecule has 0 fully saturated rings. The summed E-state index contributed by atoms with van der Waals surface area (Å²) < 4.78 is 0. The lowest BCUT2D eigenvalue weighted by molar-refractivity contribution is 1.14. The molecule has 0 aliphatic heterocycles. The van der Waals surface area contributed by atoms with Crippen LogP contribution >= 0.6 is 0 Å². The Morgan fingerprint density at radius 2 is 1.31 bits per heavy atom. The molecule has 1 heteroatoms. The summed E-state index contributed by atoms with van der Waals surface area (Å²) in [7, 11) is 1.87. The van der Waals surface area contributed by atoms with E-state index in [0.29, 0.717) is 0 Å². The monoisotopic (exact) mass is 207 g/mol. The van der Waals surface area contributed by atoms with E-state index in [1.54, 1.807) is 0 Å². The highest BCUT2D eigenvalue weighted by Crippen LogP contribution is 2.27. The Morgan fingerprint density at radius 3 is 1.81 bits per heavy atom. The SMILES string of the molecule is CN=C1c2ccccc2Cc2ccccc21. The third kappa shape index (κ3) is 1.28. The summed E-state index contributed by atoms with van der Waals surface area (Å²) in [5.41, 5.74) is 6.44. The molecular weight excluding hydrogens is 194 g/mol. The van der Waals surface area contributed by atoms with Crippen LogP contribution in [0, 0.1) is 0 Å².